The van der Waals surface area contributed by atoms with Crippen molar-refractivity contribution in [2.45, 2.75) is 70.1 Å². The Morgan fingerprint density at radius 3 is 2.65 bits per heavy atom. The van der Waals surface area contributed by atoms with Gasteiger partial charge in [-0.3, -0.25) is 4.90 Å². The van der Waals surface area contributed by atoms with E-state index in [1.165, 1.54) is 32.2 Å². The van der Waals surface area contributed by atoms with E-state index < -0.39 is 0 Å². The van der Waals surface area contributed by atoms with Crippen LogP contribution in [-0.4, -0.2) is 48.0 Å². The maximum atomic E-state index is 9.55. The maximum Gasteiger partial charge on any atom is 0.0702 e. The minimum absolute atomic E-state index is 0.0387. The van der Waals surface area contributed by atoms with Crippen molar-refractivity contribution in [1.29, 1.82) is 0 Å². The molecule has 1 heterocycles. The molecule has 100 valence electrons. The molecule has 2 fully saturated rings. The summed E-state index contributed by atoms with van der Waals surface area (Å²) in [5.74, 6) is 0. The Balaban J connectivity index is 1.76. The molecule has 2 rings (SSSR count). The summed E-state index contributed by atoms with van der Waals surface area (Å²) in [5, 5.41) is 9.55. The zero-order valence-corrected chi connectivity index (χ0v) is 11.1. The number of rotatable bonds is 4. The van der Waals surface area contributed by atoms with Gasteiger partial charge in [-0.1, -0.05) is 6.92 Å². The van der Waals surface area contributed by atoms with E-state index >= 15 is 0 Å². The molecule has 1 saturated heterocycles. The predicted molar refractivity (Wildman–Crippen MR) is 69.1 cm³/mol. The smallest absolute Gasteiger partial charge is 0.0702 e. The van der Waals surface area contributed by atoms with Crippen molar-refractivity contribution in [3.63, 3.8) is 0 Å². The monoisotopic (exact) mass is 241 g/mol. The number of likely N-dealkylation sites (tertiary alicyclic amines) is 1. The molecule has 3 nitrogen and oxygen atoms in total. The van der Waals surface area contributed by atoms with Crippen LogP contribution < -0.4 is 0 Å². The lowest BCUT2D eigenvalue weighted by Crippen LogP contribution is -2.47. The fraction of sp³-hybridized carbons (Fsp3) is 1.00. The molecule has 1 aliphatic heterocycles. The van der Waals surface area contributed by atoms with Crippen molar-refractivity contribution in [3.8, 4) is 0 Å². The van der Waals surface area contributed by atoms with Crippen LogP contribution in [0.3, 0.4) is 0 Å². The van der Waals surface area contributed by atoms with Crippen LogP contribution >= 0.6 is 0 Å². The normalized spacial score (nSPS) is 36.0. The van der Waals surface area contributed by atoms with Crippen molar-refractivity contribution in [2.24, 2.45) is 0 Å². The van der Waals surface area contributed by atoms with Crippen LogP contribution in [-0.2, 0) is 4.74 Å². The Morgan fingerprint density at radius 1 is 1.18 bits per heavy atom. The molecule has 0 bridgehead atoms. The number of nitrogens with zero attached hydrogens (tertiary/aromatic N) is 1. The Kier molecular flexibility index (Phi) is 5.26. The molecule has 0 aromatic rings. The minimum Gasteiger partial charge on any atom is -0.393 e. The number of hydrogen-bond donors (Lipinski definition) is 1. The minimum atomic E-state index is -0.0387. The first kappa shape index (κ1) is 13.3. The molecule has 1 unspecified atom stereocenters. The fourth-order valence-electron chi connectivity index (χ4n) is 3.14. The zero-order chi connectivity index (χ0) is 12.1. The van der Waals surface area contributed by atoms with Crippen LogP contribution in [0.1, 0.15) is 51.9 Å². The van der Waals surface area contributed by atoms with Gasteiger partial charge in [0.15, 0.2) is 0 Å². The number of piperidine rings is 1. The largest absolute Gasteiger partial charge is 0.393 e. The molecular formula is C14H27NO2. The number of ether oxygens (including phenoxy) is 1. The van der Waals surface area contributed by atoms with E-state index in [0.717, 1.165) is 32.4 Å². The summed E-state index contributed by atoms with van der Waals surface area (Å²) in [6.45, 7) is 5.42. The Morgan fingerprint density at radius 2 is 1.94 bits per heavy atom. The lowest BCUT2D eigenvalue weighted by Gasteiger charge is -2.40. The molecule has 1 aliphatic carbocycles. The predicted octanol–water partition coefficient (Wildman–Crippen LogP) is 2.18. The summed E-state index contributed by atoms with van der Waals surface area (Å²) in [4.78, 5) is 2.61. The summed E-state index contributed by atoms with van der Waals surface area (Å²) in [6, 6.07) is 0.700. The molecule has 0 spiro atoms. The van der Waals surface area contributed by atoms with Gasteiger partial charge < -0.3 is 9.84 Å². The maximum absolute atomic E-state index is 9.55. The molecular weight excluding hydrogens is 214 g/mol. The third-order valence-electron chi connectivity index (χ3n) is 4.15. The fourth-order valence-corrected chi connectivity index (χ4v) is 3.14. The second-order valence-corrected chi connectivity index (χ2v) is 5.59. The third-order valence-corrected chi connectivity index (χ3v) is 4.15. The van der Waals surface area contributed by atoms with Crippen molar-refractivity contribution >= 4 is 0 Å². The zero-order valence-electron chi connectivity index (χ0n) is 11.1. The molecule has 3 heteroatoms. The Bertz CT molecular complexity index is 214. The molecule has 1 saturated carbocycles. The summed E-state index contributed by atoms with van der Waals surface area (Å²) in [7, 11) is 0. The molecule has 0 amide bonds. The van der Waals surface area contributed by atoms with E-state index in [4.69, 9.17) is 4.74 Å². The van der Waals surface area contributed by atoms with E-state index in [9.17, 15) is 5.11 Å². The second kappa shape index (κ2) is 6.72. The topological polar surface area (TPSA) is 32.7 Å². The quantitative estimate of drug-likeness (QED) is 0.819. The molecule has 0 radical (unpaired) electrons. The van der Waals surface area contributed by atoms with E-state index in [2.05, 4.69) is 11.8 Å². The van der Waals surface area contributed by atoms with Crippen molar-refractivity contribution in [2.75, 3.05) is 19.7 Å². The average Bonchev–Trinajstić information content (AvgIpc) is 2.37. The Labute approximate surface area is 105 Å². The van der Waals surface area contributed by atoms with Crippen LogP contribution in [0.15, 0.2) is 0 Å². The standard InChI is InChI=1S/C14H27NO2/c1-2-10-17-14-4-3-9-15(11-14)12-5-7-13(16)8-6-12/h12-14,16H,2-11H2,1H3. The summed E-state index contributed by atoms with van der Waals surface area (Å²) in [5.41, 5.74) is 0. The highest BCUT2D eigenvalue weighted by molar-refractivity contribution is 4.83. The van der Waals surface area contributed by atoms with E-state index in [1.807, 2.05) is 0 Å². The van der Waals surface area contributed by atoms with Crippen LogP contribution in [0.4, 0.5) is 0 Å². The van der Waals surface area contributed by atoms with Gasteiger partial charge in [0.05, 0.1) is 12.2 Å². The summed E-state index contributed by atoms with van der Waals surface area (Å²) in [6.07, 6.45) is 8.34. The molecule has 1 atom stereocenters. The van der Waals surface area contributed by atoms with Gasteiger partial charge >= 0.3 is 0 Å². The van der Waals surface area contributed by atoms with Crippen molar-refractivity contribution in [3.05, 3.63) is 0 Å². The summed E-state index contributed by atoms with van der Waals surface area (Å²) >= 11 is 0. The van der Waals surface area contributed by atoms with Gasteiger partial charge in [0.25, 0.3) is 0 Å². The van der Waals surface area contributed by atoms with Gasteiger partial charge in [0, 0.05) is 19.2 Å². The van der Waals surface area contributed by atoms with E-state index in [-0.39, 0.29) is 6.10 Å². The highest BCUT2D eigenvalue weighted by atomic mass is 16.5. The van der Waals surface area contributed by atoms with Crippen LogP contribution in [0.5, 0.6) is 0 Å². The van der Waals surface area contributed by atoms with E-state index in [0.29, 0.717) is 12.1 Å². The number of hydrogen-bond acceptors (Lipinski definition) is 3. The van der Waals surface area contributed by atoms with Gasteiger partial charge in [-0.05, 0) is 51.5 Å². The Hall–Kier alpha value is -0.120. The third kappa shape index (κ3) is 3.94. The van der Waals surface area contributed by atoms with E-state index in [1.54, 1.807) is 0 Å². The lowest BCUT2D eigenvalue weighted by molar-refractivity contribution is -0.0236. The van der Waals surface area contributed by atoms with Crippen LogP contribution in [0.2, 0.25) is 0 Å². The first-order valence-corrected chi connectivity index (χ1v) is 7.33. The molecule has 0 aromatic carbocycles. The van der Waals surface area contributed by atoms with Gasteiger partial charge in [0.2, 0.25) is 0 Å². The molecule has 1 N–H and O–H groups in total. The summed E-state index contributed by atoms with van der Waals surface area (Å²) < 4.78 is 5.88. The van der Waals surface area contributed by atoms with Gasteiger partial charge in [-0.15, -0.1) is 0 Å². The SMILES string of the molecule is CCCOC1CCCN(C2CCC(O)CC2)C1. The lowest BCUT2D eigenvalue weighted by atomic mass is 9.90. The molecule has 17 heavy (non-hydrogen) atoms. The first-order valence-electron chi connectivity index (χ1n) is 7.33. The highest BCUT2D eigenvalue weighted by Crippen LogP contribution is 2.26. The van der Waals surface area contributed by atoms with Gasteiger partial charge in [-0.2, -0.15) is 0 Å². The van der Waals surface area contributed by atoms with Crippen molar-refractivity contribution < 1.29 is 9.84 Å². The van der Waals surface area contributed by atoms with Crippen LogP contribution in [0, 0.1) is 0 Å². The molecule has 2 aliphatic rings. The number of aliphatic hydroxyl groups excluding tert-OH is 1. The highest BCUT2D eigenvalue weighted by Gasteiger charge is 2.29. The number of aliphatic hydroxyl groups is 1. The molecule has 0 aromatic heterocycles. The van der Waals surface area contributed by atoms with Gasteiger partial charge in [-0.25, -0.2) is 0 Å². The van der Waals surface area contributed by atoms with Crippen LogP contribution in [0.25, 0.3) is 0 Å². The van der Waals surface area contributed by atoms with Crippen molar-refractivity contribution in [1.82, 2.24) is 4.90 Å². The first-order chi connectivity index (χ1) is 8.29. The average molecular weight is 241 g/mol. The van der Waals surface area contributed by atoms with Gasteiger partial charge in [0.1, 0.15) is 0 Å². The second-order valence-electron chi connectivity index (χ2n) is 5.59.